The number of aryl methyl sites for hydroxylation is 1. The predicted molar refractivity (Wildman–Crippen MR) is 84.8 cm³/mol. The Morgan fingerprint density at radius 3 is 2.90 bits per heavy atom. The third kappa shape index (κ3) is 3.26. The molecule has 4 heteroatoms. The summed E-state index contributed by atoms with van der Waals surface area (Å²) in [7, 11) is 0. The molecule has 1 aliphatic rings. The van der Waals surface area contributed by atoms with Crippen LogP contribution >= 0.6 is 11.3 Å². The molecular formula is C16H21N3S. The van der Waals surface area contributed by atoms with Crippen LogP contribution in [-0.4, -0.2) is 29.0 Å². The molecule has 1 saturated heterocycles. The Labute approximate surface area is 124 Å². The van der Waals surface area contributed by atoms with Crippen molar-refractivity contribution in [2.45, 2.75) is 32.4 Å². The number of nitrogens with zero attached hydrogens (tertiary/aromatic N) is 2. The number of hydrogen-bond donors (Lipinski definition) is 1. The van der Waals surface area contributed by atoms with Crippen LogP contribution in [0.1, 0.15) is 24.1 Å². The average Bonchev–Trinajstić information content (AvgIpc) is 2.88. The first-order chi connectivity index (χ1) is 9.70. The van der Waals surface area contributed by atoms with Crippen LogP contribution in [0.15, 0.2) is 29.6 Å². The molecule has 20 heavy (non-hydrogen) atoms. The Morgan fingerprint density at radius 2 is 2.15 bits per heavy atom. The molecule has 1 aromatic carbocycles. The Morgan fingerprint density at radius 1 is 1.35 bits per heavy atom. The molecule has 2 N–H and O–H groups in total. The zero-order chi connectivity index (χ0) is 13.9. The smallest absolute Gasteiger partial charge is 0.123 e. The van der Waals surface area contributed by atoms with Gasteiger partial charge in [-0.1, -0.05) is 29.8 Å². The van der Waals surface area contributed by atoms with Gasteiger partial charge in [0.2, 0.25) is 0 Å². The molecule has 1 aromatic heterocycles. The minimum absolute atomic E-state index is 0.332. The SMILES string of the molecule is Cc1ccc(-c2nc(CN3CCCC(N)C3)cs2)cc1. The first-order valence-electron chi connectivity index (χ1n) is 7.20. The van der Waals surface area contributed by atoms with E-state index in [4.69, 9.17) is 10.7 Å². The minimum Gasteiger partial charge on any atom is -0.327 e. The highest BCUT2D eigenvalue weighted by Gasteiger charge is 2.17. The summed E-state index contributed by atoms with van der Waals surface area (Å²) < 4.78 is 0. The van der Waals surface area contributed by atoms with Crippen LogP contribution in [0.4, 0.5) is 0 Å². The van der Waals surface area contributed by atoms with Gasteiger partial charge in [-0.05, 0) is 26.3 Å². The molecule has 2 aromatic rings. The van der Waals surface area contributed by atoms with E-state index in [1.165, 1.54) is 23.2 Å². The van der Waals surface area contributed by atoms with Gasteiger partial charge in [-0.25, -0.2) is 4.98 Å². The summed E-state index contributed by atoms with van der Waals surface area (Å²) in [6, 6.07) is 8.91. The maximum Gasteiger partial charge on any atom is 0.123 e. The molecule has 106 valence electrons. The van der Waals surface area contributed by atoms with Gasteiger partial charge in [0.1, 0.15) is 5.01 Å². The molecule has 0 aliphatic carbocycles. The van der Waals surface area contributed by atoms with E-state index in [0.717, 1.165) is 31.1 Å². The van der Waals surface area contributed by atoms with Gasteiger partial charge in [-0.15, -0.1) is 11.3 Å². The molecule has 1 fully saturated rings. The Kier molecular flexibility index (Phi) is 4.15. The normalized spacial score (nSPS) is 20.2. The third-order valence-corrected chi connectivity index (χ3v) is 4.72. The lowest BCUT2D eigenvalue weighted by Crippen LogP contribution is -2.42. The molecule has 1 atom stereocenters. The summed E-state index contributed by atoms with van der Waals surface area (Å²) >= 11 is 1.73. The van der Waals surface area contributed by atoms with E-state index in [2.05, 4.69) is 41.5 Å². The molecule has 3 rings (SSSR count). The quantitative estimate of drug-likeness (QED) is 0.943. The van der Waals surface area contributed by atoms with Gasteiger partial charge < -0.3 is 5.73 Å². The Balaban J connectivity index is 1.69. The summed E-state index contributed by atoms with van der Waals surface area (Å²) in [5, 5.41) is 3.29. The summed E-state index contributed by atoms with van der Waals surface area (Å²) in [6.07, 6.45) is 2.36. The number of thiazole rings is 1. The largest absolute Gasteiger partial charge is 0.327 e. The van der Waals surface area contributed by atoms with E-state index in [1.54, 1.807) is 11.3 Å². The zero-order valence-corrected chi connectivity index (χ0v) is 12.7. The molecule has 1 aliphatic heterocycles. The second-order valence-electron chi connectivity index (χ2n) is 5.65. The second kappa shape index (κ2) is 6.04. The molecule has 0 bridgehead atoms. The van der Waals surface area contributed by atoms with Gasteiger partial charge in [0.05, 0.1) is 5.69 Å². The Bertz CT molecular complexity index is 561. The van der Waals surface area contributed by atoms with E-state index in [9.17, 15) is 0 Å². The first-order valence-corrected chi connectivity index (χ1v) is 8.08. The van der Waals surface area contributed by atoms with Crippen molar-refractivity contribution in [1.82, 2.24) is 9.88 Å². The molecule has 0 saturated carbocycles. The highest BCUT2D eigenvalue weighted by molar-refractivity contribution is 7.13. The number of aromatic nitrogens is 1. The van der Waals surface area contributed by atoms with Crippen LogP contribution in [0.2, 0.25) is 0 Å². The van der Waals surface area contributed by atoms with Crippen molar-refractivity contribution in [2.75, 3.05) is 13.1 Å². The minimum atomic E-state index is 0.332. The van der Waals surface area contributed by atoms with Crippen LogP contribution in [0, 0.1) is 6.92 Å². The van der Waals surface area contributed by atoms with Gasteiger partial charge in [-0.2, -0.15) is 0 Å². The third-order valence-electron chi connectivity index (χ3n) is 3.78. The summed E-state index contributed by atoms with van der Waals surface area (Å²) in [6.45, 7) is 5.18. The number of hydrogen-bond acceptors (Lipinski definition) is 4. The molecule has 0 amide bonds. The summed E-state index contributed by atoms with van der Waals surface area (Å²) in [4.78, 5) is 7.18. The van der Waals surface area contributed by atoms with Gasteiger partial charge in [0.15, 0.2) is 0 Å². The fourth-order valence-corrected chi connectivity index (χ4v) is 3.49. The fourth-order valence-electron chi connectivity index (χ4n) is 2.67. The van der Waals surface area contributed by atoms with Gasteiger partial charge >= 0.3 is 0 Å². The van der Waals surface area contributed by atoms with E-state index < -0.39 is 0 Å². The number of nitrogens with two attached hydrogens (primary N) is 1. The zero-order valence-electron chi connectivity index (χ0n) is 11.9. The van der Waals surface area contributed by atoms with Crippen molar-refractivity contribution >= 4 is 11.3 Å². The fraction of sp³-hybridized carbons (Fsp3) is 0.438. The number of likely N-dealkylation sites (tertiary alicyclic amines) is 1. The summed E-state index contributed by atoms with van der Waals surface area (Å²) in [5.74, 6) is 0. The van der Waals surface area contributed by atoms with E-state index in [0.29, 0.717) is 6.04 Å². The van der Waals surface area contributed by atoms with Crippen LogP contribution in [0.3, 0.4) is 0 Å². The van der Waals surface area contributed by atoms with Crippen molar-refractivity contribution in [3.8, 4) is 10.6 Å². The molecule has 1 unspecified atom stereocenters. The number of benzene rings is 1. The highest BCUT2D eigenvalue weighted by Crippen LogP contribution is 2.25. The molecule has 3 nitrogen and oxygen atoms in total. The van der Waals surface area contributed by atoms with Crippen LogP contribution in [0.5, 0.6) is 0 Å². The highest BCUT2D eigenvalue weighted by atomic mass is 32.1. The maximum absolute atomic E-state index is 6.03. The monoisotopic (exact) mass is 287 g/mol. The molecule has 2 heterocycles. The lowest BCUT2D eigenvalue weighted by Gasteiger charge is -2.29. The molecule has 0 spiro atoms. The van der Waals surface area contributed by atoms with Crippen LogP contribution < -0.4 is 5.73 Å². The molecule has 0 radical (unpaired) electrons. The molecular weight excluding hydrogens is 266 g/mol. The first kappa shape index (κ1) is 13.7. The van der Waals surface area contributed by atoms with Crippen molar-refractivity contribution in [3.05, 3.63) is 40.9 Å². The second-order valence-corrected chi connectivity index (χ2v) is 6.51. The lowest BCUT2D eigenvalue weighted by atomic mass is 10.1. The summed E-state index contributed by atoms with van der Waals surface area (Å²) in [5.41, 5.74) is 9.69. The van der Waals surface area contributed by atoms with Crippen molar-refractivity contribution in [2.24, 2.45) is 5.73 Å². The van der Waals surface area contributed by atoms with Crippen molar-refractivity contribution in [1.29, 1.82) is 0 Å². The van der Waals surface area contributed by atoms with E-state index in [1.807, 2.05) is 0 Å². The van der Waals surface area contributed by atoms with Crippen molar-refractivity contribution < 1.29 is 0 Å². The van der Waals surface area contributed by atoms with Gasteiger partial charge in [0.25, 0.3) is 0 Å². The van der Waals surface area contributed by atoms with Gasteiger partial charge in [0, 0.05) is 30.1 Å². The maximum atomic E-state index is 6.03. The standard InChI is InChI=1S/C16H21N3S/c1-12-4-6-13(7-5-12)16-18-15(11-20-16)10-19-8-2-3-14(17)9-19/h4-7,11,14H,2-3,8-10,17H2,1H3. The lowest BCUT2D eigenvalue weighted by molar-refractivity contribution is 0.200. The Hall–Kier alpha value is -1.23. The van der Waals surface area contributed by atoms with Crippen LogP contribution in [-0.2, 0) is 6.54 Å². The van der Waals surface area contributed by atoms with Crippen LogP contribution in [0.25, 0.3) is 10.6 Å². The van der Waals surface area contributed by atoms with E-state index >= 15 is 0 Å². The van der Waals surface area contributed by atoms with E-state index in [-0.39, 0.29) is 0 Å². The number of piperidine rings is 1. The number of rotatable bonds is 3. The average molecular weight is 287 g/mol. The van der Waals surface area contributed by atoms with Crippen molar-refractivity contribution in [3.63, 3.8) is 0 Å². The predicted octanol–water partition coefficient (Wildman–Crippen LogP) is 3.04. The topological polar surface area (TPSA) is 42.2 Å². The van der Waals surface area contributed by atoms with Gasteiger partial charge in [-0.3, -0.25) is 4.90 Å².